The molecule has 1 atom stereocenters. The highest BCUT2D eigenvalue weighted by molar-refractivity contribution is 7.92. The standard InChI is InChI=1S/C23H27N3O4S2/c1-15(2)14-30-22(27)20-16(3)26(4)23(31)24-21(20)17-9-8-10-18(13-17)25-32(28,29)19-11-6-5-7-12-19/h5-13,15,21,25H,14H2,1-4H3,(H,24,31). The van der Waals surface area contributed by atoms with Crippen molar-refractivity contribution in [3.63, 3.8) is 0 Å². The van der Waals surface area contributed by atoms with E-state index in [1.54, 1.807) is 48.3 Å². The van der Waals surface area contributed by atoms with Crippen molar-refractivity contribution < 1.29 is 17.9 Å². The average Bonchev–Trinajstić information content (AvgIpc) is 2.76. The van der Waals surface area contributed by atoms with E-state index in [0.29, 0.717) is 34.2 Å². The Hall–Kier alpha value is -2.91. The highest BCUT2D eigenvalue weighted by atomic mass is 32.2. The number of esters is 1. The van der Waals surface area contributed by atoms with Gasteiger partial charge >= 0.3 is 5.97 Å². The predicted octanol–water partition coefficient (Wildman–Crippen LogP) is 3.82. The monoisotopic (exact) mass is 473 g/mol. The van der Waals surface area contributed by atoms with Crippen LogP contribution in [0.1, 0.15) is 32.4 Å². The van der Waals surface area contributed by atoms with E-state index in [4.69, 9.17) is 17.0 Å². The normalized spacial score (nSPS) is 16.7. The third kappa shape index (κ3) is 5.28. The van der Waals surface area contributed by atoms with E-state index in [1.807, 2.05) is 26.8 Å². The van der Waals surface area contributed by atoms with Crippen molar-refractivity contribution in [2.75, 3.05) is 18.4 Å². The number of hydrogen-bond donors (Lipinski definition) is 2. The fourth-order valence-corrected chi connectivity index (χ4v) is 4.59. The lowest BCUT2D eigenvalue weighted by Crippen LogP contribution is -2.46. The van der Waals surface area contributed by atoms with Crippen LogP contribution in [0.2, 0.25) is 0 Å². The van der Waals surface area contributed by atoms with E-state index >= 15 is 0 Å². The summed E-state index contributed by atoms with van der Waals surface area (Å²) in [6, 6.07) is 14.5. The number of sulfonamides is 1. The van der Waals surface area contributed by atoms with Crippen molar-refractivity contribution in [1.82, 2.24) is 10.2 Å². The number of hydrogen-bond acceptors (Lipinski definition) is 5. The summed E-state index contributed by atoms with van der Waals surface area (Å²) < 4.78 is 33.5. The van der Waals surface area contributed by atoms with E-state index in [1.165, 1.54) is 12.1 Å². The van der Waals surface area contributed by atoms with Crippen molar-refractivity contribution >= 4 is 39.0 Å². The van der Waals surface area contributed by atoms with Crippen LogP contribution in [0.4, 0.5) is 5.69 Å². The van der Waals surface area contributed by atoms with Gasteiger partial charge in [-0.3, -0.25) is 4.72 Å². The van der Waals surface area contributed by atoms with Crippen LogP contribution < -0.4 is 10.0 Å². The second kappa shape index (κ2) is 9.70. The average molecular weight is 474 g/mol. The highest BCUT2D eigenvalue weighted by Gasteiger charge is 2.33. The van der Waals surface area contributed by atoms with Crippen molar-refractivity contribution in [2.45, 2.75) is 31.7 Å². The van der Waals surface area contributed by atoms with E-state index in [0.717, 1.165) is 0 Å². The number of carbonyl (C=O) groups excluding carboxylic acids is 1. The molecule has 0 bridgehead atoms. The summed E-state index contributed by atoms with van der Waals surface area (Å²) in [5.41, 5.74) is 2.18. The molecule has 2 aromatic rings. The number of thiocarbonyl (C=S) groups is 1. The van der Waals surface area contributed by atoms with Gasteiger partial charge in [0, 0.05) is 18.4 Å². The van der Waals surface area contributed by atoms with Gasteiger partial charge in [-0.05, 0) is 54.9 Å². The summed E-state index contributed by atoms with van der Waals surface area (Å²) in [5, 5.41) is 3.64. The van der Waals surface area contributed by atoms with Crippen molar-refractivity contribution in [3.8, 4) is 0 Å². The Bertz CT molecular complexity index is 1140. The summed E-state index contributed by atoms with van der Waals surface area (Å²) in [5.74, 6) is -0.234. The molecular weight excluding hydrogens is 446 g/mol. The fraction of sp³-hybridized carbons (Fsp3) is 0.304. The maximum absolute atomic E-state index is 12.9. The Morgan fingerprint density at radius 3 is 2.53 bits per heavy atom. The number of nitrogens with zero attached hydrogens (tertiary/aromatic N) is 1. The third-order valence-electron chi connectivity index (χ3n) is 5.05. The van der Waals surface area contributed by atoms with Crippen LogP contribution in [0.3, 0.4) is 0 Å². The number of benzene rings is 2. The molecule has 1 heterocycles. The van der Waals surface area contributed by atoms with Crippen LogP contribution >= 0.6 is 12.2 Å². The number of allylic oxidation sites excluding steroid dienone is 1. The van der Waals surface area contributed by atoms with Crippen molar-refractivity contribution in [2.24, 2.45) is 5.92 Å². The molecule has 0 fully saturated rings. The molecule has 9 heteroatoms. The van der Waals surface area contributed by atoms with Gasteiger partial charge in [-0.15, -0.1) is 0 Å². The smallest absolute Gasteiger partial charge is 0.338 e. The summed E-state index contributed by atoms with van der Waals surface area (Å²) in [6.07, 6.45) is 0. The van der Waals surface area contributed by atoms with Gasteiger partial charge in [-0.1, -0.05) is 44.2 Å². The molecule has 1 aliphatic heterocycles. The van der Waals surface area contributed by atoms with Gasteiger partial charge in [-0.2, -0.15) is 0 Å². The minimum Gasteiger partial charge on any atom is -0.462 e. The largest absolute Gasteiger partial charge is 0.462 e. The van der Waals surface area contributed by atoms with E-state index < -0.39 is 22.0 Å². The van der Waals surface area contributed by atoms with Crippen LogP contribution in [0.5, 0.6) is 0 Å². The molecule has 170 valence electrons. The lowest BCUT2D eigenvalue weighted by atomic mass is 9.95. The van der Waals surface area contributed by atoms with Gasteiger partial charge in [0.1, 0.15) is 0 Å². The first kappa shape index (κ1) is 23.7. The molecule has 0 radical (unpaired) electrons. The maximum atomic E-state index is 12.9. The number of nitrogens with one attached hydrogen (secondary N) is 2. The first-order valence-electron chi connectivity index (χ1n) is 10.2. The van der Waals surface area contributed by atoms with E-state index in [2.05, 4.69) is 10.0 Å². The first-order chi connectivity index (χ1) is 15.1. The second-order valence-corrected chi connectivity index (χ2v) is 10.0. The molecule has 3 rings (SSSR count). The molecule has 0 saturated carbocycles. The van der Waals surface area contributed by atoms with Crippen LogP contribution in [0, 0.1) is 5.92 Å². The molecule has 0 saturated heterocycles. The molecule has 32 heavy (non-hydrogen) atoms. The molecule has 0 amide bonds. The van der Waals surface area contributed by atoms with Crippen LogP contribution in [0.15, 0.2) is 70.8 Å². The SMILES string of the molecule is CC1=C(C(=O)OCC(C)C)C(c2cccc(NS(=O)(=O)c3ccccc3)c2)NC(=S)N1C. The first-order valence-corrected chi connectivity index (χ1v) is 12.1. The number of carbonyl (C=O) groups is 1. The number of anilines is 1. The lowest BCUT2D eigenvalue weighted by molar-refractivity contribution is -0.140. The zero-order valence-corrected chi connectivity index (χ0v) is 20.1. The van der Waals surface area contributed by atoms with Gasteiger partial charge in [0.2, 0.25) is 0 Å². The molecule has 0 spiro atoms. The molecular formula is C23H27N3O4S2. The molecule has 0 aromatic heterocycles. The summed E-state index contributed by atoms with van der Waals surface area (Å²) in [7, 11) is -1.97. The maximum Gasteiger partial charge on any atom is 0.338 e. The van der Waals surface area contributed by atoms with Crippen LogP contribution in [0.25, 0.3) is 0 Å². The van der Waals surface area contributed by atoms with Crippen LogP contribution in [-0.2, 0) is 19.6 Å². The van der Waals surface area contributed by atoms with Gasteiger partial charge in [0.25, 0.3) is 10.0 Å². The fourth-order valence-electron chi connectivity index (χ4n) is 3.27. The Morgan fingerprint density at radius 2 is 1.88 bits per heavy atom. The third-order valence-corrected chi connectivity index (χ3v) is 6.84. The summed E-state index contributed by atoms with van der Waals surface area (Å²) >= 11 is 5.43. The Balaban J connectivity index is 1.95. The van der Waals surface area contributed by atoms with Gasteiger partial charge in [0.05, 0.1) is 23.1 Å². The molecule has 0 aliphatic carbocycles. The summed E-state index contributed by atoms with van der Waals surface area (Å²) in [6.45, 7) is 6.05. The van der Waals surface area contributed by atoms with Gasteiger partial charge < -0.3 is 15.0 Å². The van der Waals surface area contributed by atoms with E-state index in [9.17, 15) is 13.2 Å². The lowest BCUT2D eigenvalue weighted by Gasteiger charge is -2.35. The van der Waals surface area contributed by atoms with Crippen LogP contribution in [-0.4, -0.2) is 38.1 Å². The summed E-state index contributed by atoms with van der Waals surface area (Å²) in [4.78, 5) is 14.8. The highest BCUT2D eigenvalue weighted by Crippen LogP contribution is 2.32. The van der Waals surface area contributed by atoms with Crippen molar-refractivity contribution in [3.05, 3.63) is 71.4 Å². The molecule has 7 nitrogen and oxygen atoms in total. The zero-order valence-electron chi connectivity index (χ0n) is 18.5. The quantitative estimate of drug-likeness (QED) is 0.467. The minimum absolute atomic E-state index is 0.165. The van der Waals surface area contributed by atoms with Crippen molar-refractivity contribution in [1.29, 1.82) is 0 Å². The topological polar surface area (TPSA) is 87.7 Å². The van der Waals surface area contributed by atoms with Gasteiger partial charge in [0.15, 0.2) is 5.11 Å². The minimum atomic E-state index is -3.75. The zero-order chi connectivity index (χ0) is 23.5. The number of rotatable bonds is 7. The molecule has 1 unspecified atom stereocenters. The second-order valence-electron chi connectivity index (χ2n) is 7.98. The molecule has 2 N–H and O–H groups in total. The number of ether oxygens (including phenoxy) is 1. The molecule has 2 aromatic carbocycles. The Kier molecular flexibility index (Phi) is 7.20. The Labute approximate surface area is 194 Å². The van der Waals surface area contributed by atoms with E-state index in [-0.39, 0.29) is 10.8 Å². The Morgan fingerprint density at radius 1 is 1.19 bits per heavy atom. The molecule has 1 aliphatic rings. The van der Waals surface area contributed by atoms with Gasteiger partial charge in [-0.25, -0.2) is 13.2 Å². The predicted molar refractivity (Wildman–Crippen MR) is 128 cm³/mol.